The highest BCUT2D eigenvalue weighted by Gasteiger charge is 2.04. The fraction of sp³-hybridized carbons (Fsp3) is 0.214. The van der Waals surface area contributed by atoms with Crippen molar-refractivity contribution in [3.8, 4) is 5.75 Å². The zero-order chi connectivity index (χ0) is 14.4. The van der Waals surface area contributed by atoms with Crippen LogP contribution in [-0.4, -0.2) is 19.6 Å². The number of benzene rings is 1. The number of anilines is 1. The predicted molar refractivity (Wildman–Crippen MR) is 79.7 cm³/mol. The monoisotopic (exact) mass is 338 g/mol. The maximum Gasteiger partial charge on any atom is 0.239 e. The number of furan rings is 1. The molecule has 1 aromatic heterocycles. The highest BCUT2D eigenvalue weighted by molar-refractivity contribution is 9.10. The Bertz CT molecular complexity index is 570. The van der Waals surface area contributed by atoms with Crippen LogP contribution in [-0.2, 0) is 11.3 Å². The SMILES string of the molecule is COc1ccc(NCC(=O)NCc2ccco2)cc1Br. The molecule has 0 unspecified atom stereocenters. The normalized spacial score (nSPS) is 10.1. The molecular formula is C14H15BrN2O3. The van der Waals surface area contributed by atoms with Crippen molar-refractivity contribution in [3.63, 3.8) is 0 Å². The standard InChI is InChI=1S/C14H15BrN2O3/c1-19-13-5-4-10(7-12(13)15)16-9-14(18)17-8-11-3-2-6-20-11/h2-7,16H,8-9H2,1H3,(H,17,18). The summed E-state index contributed by atoms with van der Waals surface area (Å²) < 4.78 is 11.1. The van der Waals surface area contributed by atoms with Gasteiger partial charge in [0.2, 0.25) is 5.91 Å². The number of carbonyl (C=O) groups is 1. The largest absolute Gasteiger partial charge is 0.496 e. The Balaban J connectivity index is 1.79. The topological polar surface area (TPSA) is 63.5 Å². The molecule has 0 aliphatic rings. The molecule has 1 aromatic carbocycles. The lowest BCUT2D eigenvalue weighted by Crippen LogP contribution is -2.29. The van der Waals surface area contributed by atoms with Gasteiger partial charge in [0.25, 0.3) is 0 Å². The molecule has 2 aromatic rings. The number of hydrogen-bond donors (Lipinski definition) is 2. The summed E-state index contributed by atoms with van der Waals surface area (Å²) in [5, 5.41) is 5.80. The number of hydrogen-bond acceptors (Lipinski definition) is 4. The highest BCUT2D eigenvalue weighted by Crippen LogP contribution is 2.27. The van der Waals surface area contributed by atoms with Gasteiger partial charge in [0, 0.05) is 5.69 Å². The molecular weight excluding hydrogens is 324 g/mol. The van der Waals surface area contributed by atoms with Crippen molar-refractivity contribution in [2.24, 2.45) is 0 Å². The number of nitrogens with one attached hydrogen (secondary N) is 2. The zero-order valence-electron chi connectivity index (χ0n) is 11.0. The fourth-order valence-electron chi connectivity index (χ4n) is 1.62. The lowest BCUT2D eigenvalue weighted by atomic mass is 10.3. The van der Waals surface area contributed by atoms with Gasteiger partial charge in [0.05, 0.1) is 30.9 Å². The Labute approximate surface area is 125 Å². The molecule has 0 bridgehead atoms. The van der Waals surface area contributed by atoms with Crippen LogP contribution in [0.25, 0.3) is 0 Å². The maximum atomic E-state index is 11.7. The van der Waals surface area contributed by atoms with Crippen LogP contribution in [0.4, 0.5) is 5.69 Å². The van der Waals surface area contributed by atoms with Gasteiger partial charge >= 0.3 is 0 Å². The van der Waals surface area contributed by atoms with E-state index in [1.807, 2.05) is 24.3 Å². The third kappa shape index (κ3) is 4.03. The predicted octanol–water partition coefficient (Wildman–Crippen LogP) is 2.78. The first kappa shape index (κ1) is 14.5. The average Bonchev–Trinajstić information content (AvgIpc) is 2.96. The van der Waals surface area contributed by atoms with Crippen LogP contribution in [0.2, 0.25) is 0 Å². The minimum atomic E-state index is -0.103. The summed E-state index contributed by atoms with van der Waals surface area (Å²) in [5.74, 6) is 1.37. The van der Waals surface area contributed by atoms with Gasteiger partial charge in [0.1, 0.15) is 11.5 Å². The molecule has 6 heteroatoms. The van der Waals surface area contributed by atoms with Gasteiger partial charge in [-0.05, 0) is 46.3 Å². The van der Waals surface area contributed by atoms with Crippen molar-refractivity contribution >= 4 is 27.5 Å². The van der Waals surface area contributed by atoms with E-state index >= 15 is 0 Å². The molecule has 0 saturated carbocycles. The van der Waals surface area contributed by atoms with Crippen LogP contribution in [0, 0.1) is 0 Å². The van der Waals surface area contributed by atoms with E-state index < -0.39 is 0 Å². The molecule has 0 aliphatic carbocycles. The van der Waals surface area contributed by atoms with Crippen LogP contribution in [0.3, 0.4) is 0 Å². The summed E-state index contributed by atoms with van der Waals surface area (Å²) in [6.07, 6.45) is 1.58. The Morgan fingerprint density at radius 3 is 2.90 bits per heavy atom. The summed E-state index contributed by atoms with van der Waals surface area (Å²) in [5.41, 5.74) is 0.839. The highest BCUT2D eigenvalue weighted by atomic mass is 79.9. The molecule has 106 valence electrons. The van der Waals surface area contributed by atoms with E-state index in [0.29, 0.717) is 6.54 Å². The van der Waals surface area contributed by atoms with E-state index in [4.69, 9.17) is 9.15 Å². The number of methoxy groups -OCH3 is 1. The molecule has 0 aliphatic heterocycles. The Kier molecular flexibility index (Phi) is 5.06. The molecule has 1 heterocycles. The van der Waals surface area contributed by atoms with Crippen molar-refractivity contribution in [2.45, 2.75) is 6.54 Å². The molecule has 0 atom stereocenters. The van der Waals surface area contributed by atoms with Crippen molar-refractivity contribution in [3.05, 3.63) is 46.8 Å². The summed E-state index contributed by atoms with van der Waals surface area (Å²) in [6.45, 7) is 0.583. The molecule has 0 radical (unpaired) electrons. The van der Waals surface area contributed by atoms with E-state index in [1.165, 1.54) is 0 Å². The smallest absolute Gasteiger partial charge is 0.239 e. The van der Waals surface area contributed by atoms with E-state index in [0.717, 1.165) is 21.7 Å². The van der Waals surface area contributed by atoms with Crippen molar-refractivity contribution in [1.82, 2.24) is 5.32 Å². The van der Waals surface area contributed by atoms with Gasteiger partial charge in [-0.15, -0.1) is 0 Å². The van der Waals surface area contributed by atoms with Crippen LogP contribution in [0.15, 0.2) is 45.5 Å². The quantitative estimate of drug-likeness (QED) is 0.850. The molecule has 0 saturated heterocycles. The van der Waals surface area contributed by atoms with Gasteiger partial charge in [-0.1, -0.05) is 0 Å². The average molecular weight is 339 g/mol. The van der Waals surface area contributed by atoms with E-state index in [2.05, 4.69) is 26.6 Å². The summed E-state index contributed by atoms with van der Waals surface area (Å²) >= 11 is 3.39. The lowest BCUT2D eigenvalue weighted by molar-refractivity contribution is -0.119. The van der Waals surface area contributed by atoms with Gasteiger partial charge < -0.3 is 19.8 Å². The van der Waals surface area contributed by atoms with Crippen LogP contribution in [0.1, 0.15) is 5.76 Å². The lowest BCUT2D eigenvalue weighted by Gasteiger charge is -2.09. The number of rotatable bonds is 6. The minimum absolute atomic E-state index is 0.103. The number of ether oxygens (including phenoxy) is 1. The van der Waals surface area contributed by atoms with Crippen LogP contribution >= 0.6 is 15.9 Å². The van der Waals surface area contributed by atoms with Gasteiger partial charge in [-0.3, -0.25) is 4.79 Å². The Hall–Kier alpha value is -1.95. The second-order valence-corrected chi connectivity index (χ2v) is 4.91. The molecule has 0 spiro atoms. The third-order valence-electron chi connectivity index (χ3n) is 2.64. The van der Waals surface area contributed by atoms with Gasteiger partial charge in [-0.25, -0.2) is 0 Å². The Morgan fingerprint density at radius 2 is 2.25 bits per heavy atom. The minimum Gasteiger partial charge on any atom is -0.496 e. The molecule has 20 heavy (non-hydrogen) atoms. The summed E-state index contributed by atoms with van der Waals surface area (Å²) in [4.78, 5) is 11.7. The van der Waals surface area contributed by atoms with Crippen LogP contribution < -0.4 is 15.4 Å². The molecule has 0 fully saturated rings. The zero-order valence-corrected chi connectivity index (χ0v) is 12.6. The first-order chi connectivity index (χ1) is 9.69. The third-order valence-corrected chi connectivity index (χ3v) is 3.26. The first-order valence-electron chi connectivity index (χ1n) is 6.05. The molecule has 2 N–H and O–H groups in total. The first-order valence-corrected chi connectivity index (χ1v) is 6.85. The number of halogens is 1. The summed E-state index contributed by atoms with van der Waals surface area (Å²) in [6, 6.07) is 9.14. The van der Waals surface area contributed by atoms with E-state index in [-0.39, 0.29) is 12.5 Å². The van der Waals surface area contributed by atoms with Crippen molar-refractivity contribution in [1.29, 1.82) is 0 Å². The summed E-state index contributed by atoms with van der Waals surface area (Å²) in [7, 11) is 1.61. The maximum absolute atomic E-state index is 11.7. The Morgan fingerprint density at radius 1 is 1.40 bits per heavy atom. The molecule has 1 amide bonds. The molecule has 2 rings (SSSR count). The second kappa shape index (κ2) is 7.00. The fourth-order valence-corrected chi connectivity index (χ4v) is 2.16. The number of carbonyl (C=O) groups excluding carboxylic acids is 1. The second-order valence-electron chi connectivity index (χ2n) is 4.06. The van der Waals surface area contributed by atoms with Crippen LogP contribution in [0.5, 0.6) is 5.75 Å². The molecule has 5 nitrogen and oxygen atoms in total. The van der Waals surface area contributed by atoms with E-state index in [1.54, 1.807) is 19.4 Å². The van der Waals surface area contributed by atoms with Crippen molar-refractivity contribution in [2.75, 3.05) is 19.0 Å². The van der Waals surface area contributed by atoms with E-state index in [9.17, 15) is 4.79 Å². The van der Waals surface area contributed by atoms with Gasteiger partial charge in [-0.2, -0.15) is 0 Å². The number of amides is 1. The van der Waals surface area contributed by atoms with Crippen molar-refractivity contribution < 1.29 is 13.9 Å². The van der Waals surface area contributed by atoms with Gasteiger partial charge in [0.15, 0.2) is 0 Å².